The van der Waals surface area contributed by atoms with Gasteiger partial charge in [-0.1, -0.05) is 30.3 Å². The number of para-hydroxylation sites is 1. The summed E-state index contributed by atoms with van der Waals surface area (Å²) in [5.74, 6) is -1.31. The van der Waals surface area contributed by atoms with Crippen LogP contribution in [0.3, 0.4) is 0 Å². The van der Waals surface area contributed by atoms with E-state index in [-0.39, 0.29) is 11.1 Å². The maximum atomic E-state index is 12.6. The lowest BCUT2D eigenvalue weighted by Crippen LogP contribution is -2.35. The maximum absolute atomic E-state index is 12.6. The van der Waals surface area contributed by atoms with Crippen LogP contribution in [0.5, 0.6) is 0 Å². The van der Waals surface area contributed by atoms with Gasteiger partial charge in [-0.15, -0.1) is 0 Å². The van der Waals surface area contributed by atoms with Crippen molar-refractivity contribution < 1.29 is 23.9 Å². The van der Waals surface area contributed by atoms with E-state index >= 15 is 0 Å². The van der Waals surface area contributed by atoms with Crippen molar-refractivity contribution in [1.82, 2.24) is 5.43 Å². The average Bonchev–Trinajstić information content (AvgIpc) is 3.29. The first-order valence-corrected chi connectivity index (χ1v) is 8.39. The Morgan fingerprint density at radius 1 is 1.00 bits per heavy atom. The molecular formula is C21H14N2O5. The third-order valence-electron chi connectivity index (χ3n) is 4.21. The van der Waals surface area contributed by atoms with Gasteiger partial charge in [-0.3, -0.25) is 15.0 Å². The number of hydrogen-bond acceptors (Lipinski definition) is 4. The lowest BCUT2D eigenvalue weighted by atomic mass is 10.1. The van der Waals surface area contributed by atoms with Gasteiger partial charge in [0, 0.05) is 5.56 Å². The van der Waals surface area contributed by atoms with Gasteiger partial charge >= 0.3 is 5.97 Å². The number of carboxylic acid groups (broad SMARTS) is 1. The van der Waals surface area contributed by atoms with E-state index in [4.69, 9.17) is 9.52 Å². The lowest BCUT2D eigenvalue weighted by Gasteiger charge is -2.13. The van der Waals surface area contributed by atoms with Crippen LogP contribution in [0, 0.1) is 0 Å². The van der Waals surface area contributed by atoms with E-state index in [1.165, 1.54) is 23.2 Å². The summed E-state index contributed by atoms with van der Waals surface area (Å²) in [5, 5.41) is 10.3. The molecule has 7 nitrogen and oxygen atoms in total. The summed E-state index contributed by atoms with van der Waals surface area (Å²) in [6.45, 7) is 0. The first-order valence-electron chi connectivity index (χ1n) is 8.39. The number of benzene rings is 2. The minimum Gasteiger partial charge on any atom is -0.478 e. The number of nitrogens with zero attached hydrogens (tertiary/aromatic N) is 1. The first kappa shape index (κ1) is 17.3. The highest BCUT2D eigenvalue weighted by atomic mass is 16.4. The molecule has 1 saturated heterocycles. The Balaban J connectivity index is 1.62. The second kappa shape index (κ2) is 6.88. The molecule has 0 atom stereocenters. The minimum atomic E-state index is -1.04. The Morgan fingerprint density at radius 3 is 2.54 bits per heavy atom. The maximum Gasteiger partial charge on any atom is 0.335 e. The predicted molar refractivity (Wildman–Crippen MR) is 101 cm³/mol. The first-order chi connectivity index (χ1) is 13.5. The molecule has 0 unspecified atom stereocenters. The summed E-state index contributed by atoms with van der Waals surface area (Å²) in [6, 6.07) is 18.3. The van der Waals surface area contributed by atoms with E-state index in [0.29, 0.717) is 22.8 Å². The molecule has 0 bridgehead atoms. The van der Waals surface area contributed by atoms with Crippen molar-refractivity contribution in [3.63, 3.8) is 0 Å². The molecule has 138 valence electrons. The largest absolute Gasteiger partial charge is 0.478 e. The van der Waals surface area contributed by atoms with Crippen molar-refractivity contribution in [3.8, 4) is 11.3 Å². The van der Waals surface area contributed by atoms with Crippen LogP contribution in [-0.4, -0.2) is 22.9 Å². The van der Waals surface area contributed by atoms with Crippen LogP contribution < -0.4 is 10.4 Å². The number of carbonyl (C=O) groups excluding carboxylic acids is 2. The Morgan fingerprint density at radius 2 is 1.79 bits per heavy atom. The van der Waals surface area contributed by atoms with Crippen LogP contribution in [0.15, 0.2) is 76.7 Å². The Labute approximate surface area is 159 Å². The van der Waals surface area contributed by atoms with Gasteiger partial charge in [0.25, 0.3) is 11.8 Å². The number of carboxylic acids is 1. The molecule has 0 radical (unpaired) electrons. The van der Waals surface area contributed by atoms with Gasteiger partial charge in [0.1, 0.15) is 17.1 Å². The number of nitrogens with one attached hydrogen (secondary N) is 1. The average molecular weight is 374 g/mol. The van der Waals surface area contributed by atoms with Gasteiger partial charge < -0.3 is 9.52 Å². The molecule has 7 heteroatoms. The van der Waals surface area contributed by atoms with Crippen LogP contribution in [-0.2, 0) is 9.59 Å². The van der Waals surface area contributed by atoms with Crippen molar-refractivity contribution in [2.75, 3.05) is 5.01 Å². The molecule has 0 aliphatic carbocycles. The molecule has 0 saturated carbocycles. The number of hydrogen-bond donors (Lipinski definition) is 2. The molecule has 2 amide bonds. The van der Waals surface area contributed by atoms with E-state index < -0.39 is 17.8 Å². The lowest BCUT2D eigenvalue weighted by molar-refractivity contribution is -0.117. The fourth-order valence-corrected chi connectivity index (χ4v) is 2.85. The van der Waals surface area contributed by atoms with Crippen molar-refractivity contribution in [2.45, 2.75) is 0 Å². The molecule has 0 spiro atoms. The molecule has 1 aliphatic rings. The van der Waals surface area contributed by atoms with Crippen LogP contribution in [0.2, 0.25) is 0 Å². The summed E-state index contributed by atoms with van der Waals surface area (Å²) in [6.07, 6.45) is 1.37. The van der Waals surface area contributed by atoms with Crippen LogP contribution in [0.25, 0.3) is 17.4 Å². The smallest absolute Gasteiger partial charge is 0.335 e. The molecule has 1 aromatic heterocycles. The predicted octanol–water partition coefficient (Wildman–Crippen LogP) is 3.11. The molecule has 2 N–H and O–H groups in total. The number of furan rings is 1. The summed E-state index contributed by atoms with van der Waals surface area (Å²) in [4.78, 5) is 35.9. The number of carbonyl (C=O) groups is 3. The number of hydrazine groups is 1. The quantitative estimate of drug-likeness (QED) is 0.540. The van der Waals surface area contributed by atoms with Crippen LogP contribution in [0.1, 0.15) is 16.1 Å². The van der Waals surface area contributed by atoms with Crippen molar-refractivity contribution in [3.05, 3.63) is 83.6 Å². The van der Waals surface area contributed by atoms with E-state index in [1.807, 2.05) is 6.07 Å². The summed E-state index contributed by atoms with van der Waals surface area (Å²) < 4.78 is 5.68. The molecule has 1 fully saturated rings. The van der Waals surface area contributed by atoms with Crippen LogP contribution in [0.4, 0.5) is 5.69 Å². The zero-order valence-corrected chi connectivity index (χ0v) is 14.5. The van der Waals surface area contributed by atoms with Gasteiger partial charge in [0.15, 0.2) is 0 Å². The summed E-state index contributed by atoms with van der Waals surface area (Å²) in [5.41, 5.74) is 3.74. The van der Waals surface area contributed by atoms with Gasteiger partial charge in [0.05, 0.1) is 11.3 Å². The van der Waals surface area contributed by atoms with Crippen molar-refractivity contribution in [2.24, 2.45) is 0 Å². The highest BCUT2D eigenvalue weighted by Crippen LogP contribution is 2.26. The molecule has 3 aromatic rings. The van der Waals surface area contributed by atoms with Crippen molar-refractivity contribution in [1.29, 1.82) is 0 Å². The molecule has 2 heterocycles. The number of amides is 2. The van der Waals surface area contributed by atoms with Crippen LogP contribution >= 0.6 is 0 Å². The Hall–Kier alpha value is -4.13. The highest BCUT2D eigenvalue weighted by molar-refractivity contribution is 6.31. The van der Waals surface area contributed by atoms with E-state index in [2.05, 4.69) is 5.43 Å². The Kier molecular flexibility index (Phi) is 4.25. The monoisotopic (exact) mass is 374 g/mol. The number of aromatic carboxylic acids is 1. The standard InChI is InChI=1S/C21H14N2O5/c24-19-17(20(25)23(22-19)15-7-2-1-3-8-15)12-16-9-10-18(28-16)13-5-4-6-14(11-13)21(26)27/h1-12H,(H,22,24)(H,26,27)/b17-12-. The zero-order valence-electron chi connectivity index (χ0n) is 14.5. The van der Waals surface area contributed by atoms with Gasteiger partial charge in [-0.05, 0) is 42.5 Å². The highest BCUT2D eigenvalue weighted by Gasteiger charge is 2.34. The van der Waals surface area contributed by atoms with Gasteiger partial charge in [-0.2, -0.15) is 0 Å². The van der Waals surface area contributed by atoms with Gasteiger partial charge in [-0.25, -0.2) is 9.80 Å². The minimum absolute atomic E-state index is 0.0518. The molecule has 2 aromatic carbocycles. The third-order valence-corrected chi connectivity index (χ3v) is 4.21. The fourth-order valence-electron chi connectivity index (χ4n) is 2.85. The summed E-state index contributed by atoms with van der Waals surface area (Å²) in [7, 11) is 0. The fraction of sp³-hybridized carbons (Fsp3) is 0. The Bertz CT molecular complexity index is 1110. The molecule has 28 heavy (non-hydrogen) atoms. The summed E-state index contributed by atoms with van der Waals surface area (Å²) >= 11 is 0. The SMILES string of the molecule is O=C1NN(c2ccccc2)C(=O)/C1=C\c1ccc(-c2cccc(C(=O)O)c2)o1. The topological polar surface area (TPSA) is 99.9 Å². The zero-order chi connectivity index (χ0) is 19.7. The second-order valence-corrected chi connectivity index (χ2v) is 6.06. The van der Waals surface area contributed by atoms with Crippen molar-refractivity contribution >= 4 is 29.5 Å². The van der Waals surface area contributed by atoms with E-state index in [0.717, 1.165) is 0 Å². The number of anilines is 1. The van der Waals surface area contributed by atoms with E-state index in [9.17, 15) is 14.4 Å². The third kappa shape index (κ3) is 3.16. The second-order valence-electron chi connectivity index (χ2n) is 6.06. The molecule has 4 rings (SSSR count). The molecule has 1 aliphatic heterocycles. The number of rotatable bonds is 4. The molecular weight excluding hydrogens is 360 g/mol. The normalized spacial score (nSPS) is 15.1. The van der Waals surface area contributed by atoms with Gasteiger partial charge in [0.2, 0.25) is 0 Å². The van der Waals surface area contributed by atoms with E-state index in [1.54, 1.807) is 48.5 Å².